The second-order valence-corrected chi connectivity index (χ2v) is 8.56. The molecule has 0 aliphatic carbocycles. The molecular formula is C23H23FN2O4S. The van der Waals surface area contributed by atoms with Gasteiger partial charge in [-0.1, -0.05) is 37.3 Å². The highest BCUT2D eigenvalue weighted by Crippen LogP contribution is 2.22. The number of para-hydroxylation sites is 2. The largest absolute Gasteiger partial charge is 0.478 e. The number of benzene rings is 3. The highest BCUT2D eigenvalue weighted by Gasteiger charge is 2.21. The number of carbonyl (C=O) groups is 1. The van der Waals surface area contributed by atoms with Crippen LogP contribution in [0, 0.1) is 12.7 Å². The molecule has 1 atom stereocenters. The summed E-state index contributed by atoms with van der Waals surface area (Å²) >= 11 is 0. The summed E-state index contributed by atoms with van der Waals surface area (Å²) in [5.74, 6) is -1.02. The lowest BCUT2D eigenvalue weighted by Gasteiger charge is -2.18. The van der Waals surface area contributed by atoms with Crippen LogP contribution in [-0.4, -0.2) is 20.4 Å². The fourth-order valence-corrected chi connectivity index (χ4v) is 3.98. The van der Waals surface area contributed by atoms with Gasteiger partial charge < -0.3 is 10.1 Å². The summed E-state index contributed by atoms with van der Waals surface area (Å²) in [6, 6.07) is 18.7. The van der Waals surface area contributed by atoms with Crippen LogP contribution in [0.1, 0.15) is 18.9 Å². The Bertz CT molecular complexity index is 1160. The van der Waals surface area contributed by atoms with Gasteiger partial charge in [-0.3, -0.25) is 9.52 Å². The van der Waals surface area contributed by atoms with E-state index in [0.717, 1.165) is 5.56 Å². The SMILES string of the molecule is CC[C@H](Oc1ccccc1F)C(=O)Nc1ccc(S(=O)(=O)Nc2ccccc2C)cc1. The van der Waals surface area contributed by atoms with E-state index in [1.807, 2.05) is 19.1 Å². The lowest BCUT2D eigenvalue weighted by molar-refractivity contribution is -0.122. The van der Waals surface area contributed by atoms with Crippen LogP contribution in [0.15, 0.2) is 77.7 Å². The summed E-state index contributed by atoms with van der Waals surface area (Å²) < 4.78 is 47.1. The van der Waals surface area contributed by atoms with Gasteiger partial charge in [0.15, 0.2) is 17.7 Å². The van der Waals surface area contributed by atoms with Crippen molar-refractivity contribution in [3.8, 4) is 5.75 Å². The minimum absolute atomic E-state index is 0.00628. The van der Waals surface area contributed by atoms with Crippen LogP contribution in [0.3, 0.4) is 0 Å². The minimum atomic E-state index is -3.78. The molecule has 1 amide bonds. The summed E-state index contributed by atoms with van der Waals surface area (Å²) in [5.41, 5.74) is 1.70. The first kappa shape index (κ1) is 22.3. The average Bonchev–Trinajstić information content (AvgIpc) is 2.75. The van der Waals surface area contributed by atoms with Crippen molar-refractivity contribution in [3.05, 3.63) is 84.2 Å². The Labute approximate surface area is 181 Å². The lowest BCUT2D eigenvalue weighted by Crippen LogP contribution is -2.32. The molecular weight excluding hydrogens is 419 g/mol. The summed E-state index contributed by atoms with van der Waals surface area (Å²) in [6.45, 7) is 3.56. The lowest BCUT2D eigenvalue weighted by atomic mass is 10.2. The molecule has 0 fully saturated rings. The van der Waals surface area contributed by atoms with Crippen LogP contribution < -0.4 is 14.8 Å². The van der Waals surface area contributed by atoms with Crippen LogP contribution in [-0.2, 0) is 14.8 Å². The topological polar surface area (TPSA) is 84.5 Å². The maximum atomic E-state index is 13.8. The quantitative estimate of drug-likeness (QED) is 0.528. The molecule has 0 spiro atoms. The van der Waals surface area contributed by atoms with Crippen LogP contribution in [0.2, 0.25) is 0 Å². The number of carbonyl (C=O) groups excluding carboxylic acids is 1. The molecule has 3 aromatic carbocycles. The molecule has 162 valence electrons. The van der Waals surface area contributed by atoms with Gasteiger partial charge >= 0.3 is 0 Å². The summed E-state index contributed by atoms with van der Waals surface area (Å²) in [4.78, 5) is 12.6. The van der Waals surface area contributed by atoms with E-state index in [1.165, 1.54) is 42.5 Å². The molecule has 31 heavy (non-hydrogen) atoms. The first-order valence-corrected chi connectivity index (χ1v) is 11.2. The number of hydrogen-bond donors (Lipinski definition) is 2. The van der Waals surface area contributed by atoms with Crippen molar-refractivity contribution < 1.29 is 22.3 Å². The molecule has 6 nitrogen and oxygen atoms in total. The molecule has 0 saturated heterocycles. The maximum Gasteiger partial charge on any atom is 0.265 e. The normalized spacial score (nSPS) is 12.1. The van der Waals surface area contributed by atoms with Gasteiger partial charge in [0.25, 0.3) is 15.9 Å². The Morgan fingerprint density at radius 1 is 1.00 bits per heavy atom. The van der Waals surface area contributed by atoms with Gasteiger partial charge in [-0.15, -0.1) is 0 Å². The van der Waals surface area contributed by atoms with Crippen LogP contribution in [0.25, 0.3) is 0 Å². The minimum Gasteiger partial charge on any atom is -0.478 e. The van der Waals surface area contributed by atoms with Gasteiger partial charge in [0.05, 0.1) is 10.6 Å². The van der Waals surface area contributed by atoms with Crippen LogP contribution in [0.4, 0.5) is 15.8 Å². The Morgan fingerprint density at radius 2 is 1.65 bits per heavy atom. The van der Waals surface area contributed by atoms with E-state index in [4.69, 9.17) is 4.74 Å². The highest BCUT2D eigenvalue weighted by atomic mass is 32.2. The number of ether oxygens (including phenoxy) is 1. The Morgan fingerprint density at radius 3 is 2.29 bits per heavy atom. The predicted octanol–water partition coefficient (Wildman–Crippen LogP) is 4.73. The Kier molecular flexibility index (Phi) is 6.91. The van der Waals surface area contributed by atoms with Crippen molar-refractivity contribution in [2.45, 2.75) is 31.3 Å². The van der Waals surface area contributed by atoms with Crippen molar-refractivity contribution in [1.82, 2.24) is 0 Å². The first-order chi connectivity index (χ1) is 14.8. The van der Waals surface area contributed by atoms with E-state index in [9.17, 15) is 17.6 Å². The van der Waals surface area contributed by atoms with Crippen molar-refractivity contribution in [1.29, 1.82) is 0 Å². The third-order valence-corrected chi connectivity index (χ3v) is 5.97. The van der Waals surface area contributed by atoms with E-state index in [0.29, 0.717) is 17.8 Å². The molecule has 0 heterocycles. The molecule has 3 aromatic rings. The van der Waals surface area contributed by atoms with Gasteiger partial charge in [0.1, 0.15) is 0 Å². The van der Waals surface area contributed by atoms with Gasteiger partial charge in [-0.2, -0.15) is 0 Å². The number of nitrogens with one attached hydrogen (secondary N) is 2. The highest BCUT2D eigenvalue weighted by molar-refractivity contribution is 7.92. The summed E-state index contributed by atoms with van der Waals surface area (Å²) in [7, 11) is -3.78. The number of rotatable bonds is 8. The predicted molar refractivity (Wildman–Crippen MR) is 118 cm³/mol. The van der Waals surface area contributed by atoms with Crippen molar-refractivity contribution in [2.24, 2.45) is 0 Å². The number of amides is 1. The Hall–Kier alpha value is -3.39. The third kappa shape index (κ3) is 5.61. The molecule has 3 rings (SSSR count). The number of hydrogen-bond acceptors (Lipinski definition) is 4. The average molecular weight is 443 g/mol. The van der Waals surface area contributed by atoms with E-state index in [2.05, 4.69) is 10.0 Å². The molecule has 2 N–H and O–H groups in total. The van der Waals surface area contributed by atoms with Crippen molar-refractivity contribution >= 4 is 27.3 Å². The van der Waals surface area contributed by atoms with Gasteiger partial charge in [0.2, 0.25) is 0 Å². The monoisotopic (exact) mass is 442 g/mol. The zero-order valence-electron chi connectivity index (χ0n) is 17.1. The van der Waals surface area contributed by atoms with Crippen molar-refractivity contribution in [2.75, 3.05) is 10.0 Å². The van der Waals surface area contributed by atoms with E-state index in [1.54, 1.807) is 25.1 Å². The standard InChI is InChI=1S/C23H23FN2O4S/c1-3-21(30-22-11-7-5-9-19(22)24)23(27)25-17-12-14-18(15-13-17)31(28,29)26-20-10-6-4-8-16(20)2/h4-15,21,26H,3H2,1-2H3,(H,25,27)/t21-/m0/s1. The molecule has 0 saturated carbocycles. The first-order valence-electron chi connectivity index (χ1n) is 9.70. The van der Waals surface area contributed by atoms with Crippen LogP contribution in [0.5, 0.6) is 5.75 Å². The van der Waals surface area contributed by atoms with E-state index in [-0.39, 0.29) is 10.6 Å². The fraction of sp³-hybridized carbons (Fsp3) is 0.174. The smallest absolute Gasteiger partial charge is 0.265 e. The molecule has 0 radical (unpaired) electrons. The molecule has 0 aliphatic heterocycles. The zero-order chi connectivity index (χ0) is 22.4. The number of sulfonamides is 1. The van der Waals surface area contributed by atoms with Crippen LogP contribution >= 0.6 is 0 Å². The number of halogens is 1. The summed E-state index contributed by atoms with van der Waals surface area (Å²) in [6.07, 6.45) is -0.574. The summed E-state index contributed by atoms with van der Waals surface area (Å²) in [5, 5.41) is 2.67. The van der Waals surface area contributed by atoms with Gasteiger partial charge in [-0.05, 0) is 61.4 Å². The molecule has 0 unspecified atom stereocenters. The zero-order valence-corrected chi connectivity index (χ0v) is 17.9. The van der Waals surface area contributed by atoms with E-state index >= 15 is 0 Å². The van der Waals surface area contributed by atoms with Crippen molar-refractivity contribution in [3.63, 3.8) is 0 Å². The second-order valence-electron chi connectivity index (χ2n) is 6.88. The van der Waals surface area contributed by atoms with Gasteiger partial charge in [0, 0.05) is 5.69 Å². The third-order valence-electron chi connectivity index (χ3n) is 4.59. The second kappa shape index (κ2) is 9.61. The molecule has 0 bridgehead atoms. The van der Waals surface area contributed by atoms with E-state index < -0.39 is 27.9 Å². The number of anilines is 2. The molecule has 8 heteroatoms. The number of aryl methyl sites for hydroxylation is 1. The fourth-order valence-electron chi connectivity index (χ4n) is 2.85. The molecule has 0 aliphatic rings. The van der Waals surface area contributed by atoms with Gasteiger partial charge in [-0.25, -0.2) is 12.8 Å². The Balaban J connectivity index is 1.68. The molecule has 0 aromatic heterocycles. The maximum absolute atomic E-state index is 13.8.